The van der Waals surface area contributed by atoms with Crippen LogP contribution in [0.4, 0.5) is 22.0 Å². The Kier molecular flexibility index (Phi) is 4.31. The predicted octanol–water partition coefficient (Wildman–Crippen LogP) is 5.88. The molecule has 0 amide bonds. The van der Waals surface area contributed by atoms with Crippen LogP contribution in [0.5, 0.6) is 0 Å². The van der Waals surface area contributed by atoms with Crippen molar-refractivity contribution in [2.24, 2.45) is 0 Å². The Morgan fingerprint density at radius 2 is 1.74 bits per heavy atom. The summed E-state index contributed by atoms with van der Waals surface area (Å²) in [6, 6.07) is 10.8. The summed E-state index contributed by atoms with van der Waals surface area (Å²) < 4.78 is 73.2. The first-order chi connectivity index (χ1) is 12.7. The highest BCUT2D eigenvalue weighted by Gasteiger charge is 2.58. The Labute approximate surface area is 155 Å². The highest BCUT2D eigenvalue weighted by atomic mass is 32.2. The second kappa shape index (κ2) is 6.31. The number of ketones is 1. The average Bonchev–Trinajstić information content (AvgIpc) is 3.08. The van der Waals surface area contributed by atoms with E-state index in [1.165, 1.54) is 12.1 Å². The van der Waals surface area contributed by atoms with Crippen LogP contribution < -0.4 is 0 Å². The van der Waals surface area contributed by atoms with Gasteiger partial charge in [0.15, 0.2) is 6.10 Å². The van der Waals surface area contributed by atoms with Crippen LogP contribution in [0.25, 0.3) is 0 Å². The van der Waals surface area contributed by atoms with Gasteiger partial charge in [-0.05, 0) is 47.4 Å². The minimum absolute atomic E-state index is 0.191. The van der Waals surface area contributed by atoms with Crippen LogP contribution in [-0.2, 0) is 11.2 Å². The van der Waals surface area contributed by atoms with Gasteiger partial charge in [0.2, 0.25) is 5.78 Å². The molecule has 2 nitrogen and oxygen atoms in total. The molecule has 8 heteroatoms. The van der Waals surface area contributed by atoms with Gasteiger partial charge in [-0.15, -0.1) is 0 Å². The fraction of sp³-hybridized carbons (Fsp3) is 0.316. The van der Waals surface area contributed by atoms with Crippen LogP contribution >= 0.6 is 11.8 Å². The molecule has 27 heavy (non-hydrogen) atoms. The number of carbonyl (C=O) groups excluding carboxylic acids is 1. The van der Waals surface area contributed by atoms with E-state index < -0.39 is 51.6 Å². The van der Waals surface area contributed by atoms with Gasteiger partial charge in [-0.2, -0.15) is 22.0 Å². The summed E-state index contributed by atoms with van der Waals surface area (Å²) in [7, 11) is 0. The van der Waals surface area contributed by atoms with Crippen molar-refractivity contribution in [1.82, 2.24) is 0 Å². The van der Waals surface area contributed by atoms with Crippen LogP contribution in [0.15, 0.2) is 47.4 Å². The minimum atomic E-state index is -4.69. The molecule has 0 saturated carbocycles. The van der Waals surface area contributed by atoms with Crippen molar-refractivity contribution in [3.8, 4) is 0 Å². The Hall–Kier alpha value is -1.93. The van der Waals surface area contributed by atoms with Gasteiger partial charge in [0.25, 0.3) is 0 Å². The molecule has 0 radical (unpaired) electrons. The van der Waals surface area contributed by atoms with E-state index in [1.54, 1.807) is 12.1 Å². The number of aryl methyl sites for hydroxylation is 1. The lowest BCUT2D eigenvalue weighted by Gasteiger charge is -2.24. The number of Topliss-reactive ketones (excluding diaryl/α,β-unsaturated/α-hetero) is 1. The van der Waals surface area contributed by atoms with E-state index in [4.69, 9.17) is 4.74 Å². The van der Waals surface area contributed by atoms with Gasteiger partial charge in [0, 0.05) is 10.5 Å². The van der Waals surface area contributed by atoms with Crippen LogP contribution in [-0.4, -0.2) is 17.2 Å². The maximum absolute atomic E-state index is 14.7. The molecule has 2 aliphatic rings. The SMILES string of the molecule is O=C1c2c(SC(F)(F)F)cccc2C(OC2CCc3ccccc32)C1(F)F. The van der Waals surface area contributed by atoms with Crippen LogP contribution in [0.3, 0.4) is 0 Å². The molecule has 0 saturated heterocycles. The van der Waals surface area contributed by atoms with Crippen molar-refractivity contribution >= 4 is 17.5 Å². The maximum Gasteiger partial charge on any atom is 0.446 e. The predicted molar refractivity (Wildman–Crippen MR) is 89.0 cm³/mol. The third-order valence-electron chi connectivity index (χ3n) is 4.80. The number of hydrogen-bond acceptors (Lipinski definition) is 3. The molecule has 2 atom stereocenters. The van der Waals surface area contributed by atoms with E-state index in [1.807, 2.05) is 12.1 Å². The lowest BCUT2D eigenvalue weighted by molar-refractivity contribution is -0.131. The van der Waals surface area contributed by atoms with Crippen molar-refractivity contribution in [2.45, 2.75) is 41.4 Å². The number of carbonyl (C=O) groups is 1. The first-order valence-electron chi connectivity index (χ1n) is 8.23. The molecule has 2 unspecified atom stereocenters. The molecular formula is C19H13F5O2S. The van der Waals surface area contributed by atoms with Gasteiger partial charge in [-0.25, -0.2) is 0 Å². The van der Waals surface area contributed by atoms with E-state index in [9.17, 15) is 26.7 Å². The fourth-order valence-corrected chi connectivity index (χ4v) is 4.39. The third-order valence-corrected chi connectivity index (χ3v) is 5.60. The van der Waals surface area contributed by atoms with Gasteiger partial charge >= 0.3 is 11.4 Å². The molecule has 0 aromatic heterocycles. The van der Waals surface area contributed by atoms with Crippen LogP contribution in [0, 0.1) is 0 Å². The van der Waals surface area contributed by atoms with Gasteiger partial charge in [-0.1, -0.05) is 36.4 Å². The molecule has 2 aromatic rings. The summed E-state index contributed by atoms with van der Waals surface area (Å²) in [5.41, 5.74) is -3.72. The topological polar surface area (TPSA) is 26.3 Å². The summed E-state index contributed by atoms with van der Waals surface area (Å²) in [5.74, 6) is -5.54. The van der Waals surface area contributed by atoms with E-state index in [2.05, 4.69) is 0 Å². The smallest absolute Gasteiger partial charge is 0.359 e. The monoisotopic (exact) mass is 400 g/mol. The largest absolute Gasteiger partial charge is 0.446 e. The van der Waals surface area contributed by atoms with Gasteiger partial charge in [-0.3, -0.25) is 4.79 Å². The Balaban J connectivity index is 1.72. The zero-order valence-electron chi connectivity index (χ0n) is 13.7. The van der Waals surface area contributed by atoms with Gasteiger partial charge < -0.3 is 4.74 Å². The second-order valence-corrected chi connectivity index (χ2v) is 7.57. The number of hydrogen-bond donors (Lipinski definition) is 0. The molecular weight excluding hydrogens is 387 g/mol. The van der Waals surface area contributed by atoms with Crippen molar-refractivity contribution < 1.29 is 31.5 Å². The van der Waals surface area contributed by atoms with Gasteiger partial charge in [0.05, 0.1) is 6.10 Å². The average molecular weight is 400 g/mol. The maximum atomic E-state index is 14.7. The highest BCUT2D eigenvalue weighted by molar-refractivity contribution is 8.00. The standard InChI is InChI=1S/C19H13F5O2S/c20-18(21)16(25)15-12(6-3-7-14(15)27-19(22,23)24)17(18)26-13-9-8-10-4-1-2-5-11(10)13/h1-7,13,17H,8-9H2. The quantitative estimate of drug-likeness (QED) is 0.476. The Bertz CT molecular complexity index is 909. The molecule has 142 valence electrons. The Morgan fingerprint density at radius 1 is 1.04 bits per heavy atom. The van der Waals surface area contributed by atoms with E-state index in [0.717, 1.165) is 17.2 Å². The molecule has 0 bridgehead atoms. The van der Waals surface area contributed by atoms with E-state index in [-0.39, 0.29) is 5.56 Å². The minimum Gasteiger partial charge on any atom is -0.359 e. The molecule has 0 aliphatic heterocycles. The number of thioether (sulfide) groups is 1. The summed E-state index contributed by atoms with van der Waals surface area (Å²) in [4.78, 5) is 11.7. The number of ether oxygens (including phenoxy) is 1. The van der Waals surface area contributed by atoms with Crippen molar-refractivity contribution in [1.29, 1.82) is 0 Å². The highest BCUT2D eigenvalue weighted by Crippen LogP contribution is 2.52. The summed E-state index contributed by atoms with van der Waals surface area (Å²) >= 11 is -0.566. The first-order valence-corrected chi connectivity index (χ1v) is 9.04. The first kappa shape index (κ1) is 18.4. The summed E-state index contributed by atoms with van der Waals surface area (Å²) in [5, 5.41) is 0. The van der Waals surface area contributed by atoms with Crippen molar-refractivity contribution in [3.63, 3.8) is 0 Å². The number of halogens is 5. The van der Waals surface area contributed by atoms with Crippen LogP contribution in [0.2, 0.25) is 0 Å². The second-order valence-electron chi connectivity index (χ2n) is 6.46. The normalized spacial score (nSPS) is 23.4. The lowest BCUT2D eigenvalue weighted by Crippen LogP contribution is -2.31. The van der Waals surface area contributed by atoms with Crippen molar-refractivity contribution in [3.05, 3.63) is 64.7 Å². The number of alkyl halides is 5. The molecule has 2 aromatic carbocycles. The van der Waals surface area contributed by atoms with E-state index in [0.29, 0.717) is 12.8 Å². The molecule has 2 aliphatic carbocycles. The molecule has 0 fully saturated rings. The number of rotatable bonds is 3. The Morgan fingerprint density at radius 3 is 2.48 bits per heavy atom. The molecule has 0 N–H and O–H groups in total. The molecule has 0 heterocycles. The zero-order valence-corrected chi connectivity index (χ0v) is 14.5. The van der Waals surface area contributed by atoms with Crippen LogP contribution in [0.1, 0.15) is 45.7 Å². The zero-order chi connectivity index (χ0) is 19.4. The van der Waals surface area contributed by atoms with E-state index >= 15 is 0 Å². The fourth-order valence-electron chi connectivity index (χ4n) is 3.68. The number of fused-ring (bicyclic) bond motifs is 2. The summed E-state index contributed by atoms with van der Waals surface area (Å²) in [6.45, 7) is 0. The summed E-state index contributed by atoms with van der Waals surface area (Å²) in [6.07, 6.45) is -1.39. The molecule has 0 spiro atoms. The molecule has 4 rings (SSSR count). The van der Waals surface area contributed by atoms with Gasteiger partial charge in [0.1, 0.15) is 0 Å². The lowest BCUT2D eigenvalue weighted by atomic mass is 10.1. The van der Waals surface area contributed by atoms with Crippen molar-refractivity contribution in [2.75, 3.05) is 0 Å². The number of benzene rings is 2. The third kappa shape index (κ3) is 3.14.